The van der Waals surface area contributed by atoms with Crippen LogP contribution >= 0.6 is 11.6 Å². The van der Waals surface area contributed by atoms with Gasteiger partial charge >= 0.3 is 5.97 Å². The van der Waals surface area contributed by atoms with E-state index in [1.165, 1.54) is 0 Å². The molecule has 0 saturated heterocycles. The molecule has 1 atom stereocenters. The number of carboxylic acid groups (broad SMARTS) is 1. The molecule has 6 heteroatoms. The number of rotatable bonds is 7. The Bertz CT molecular complexity index is 732. The van der Waals surface area contributed by atoms with Crippen LogP contribution in [0.25, 0.3) is 0 Å². The van der Waals surface area contributed by atoms with Gasteiger partial charge in [0.25, 0.3) is 5.91 Å². The minimum absolute atomic E-state index is 0.0457. The van der Waals surface area contributed by atoms with Gasteiger partial charge in [-0.3, -0.25) is 9.59 Å². The Balaban J connectivity index is 2.01. The number of nitrogens with one attached hydrogen (secondary N) is 1. The molecule has 5 nitrogen and oxygen atoms in total. The van der Waals surface area contributed by atoms with Crippen LogP contribution in [0.2, 0.25) is 5.02 Å². The van der Waals surface area contributed by atoms with Gasteiger partial charge in [-0.05, 0) is 37.6 Å². The van der Waals surface area contributed by atoms with Gasteiger partial charge in [-0.1, -0.05) is 29.8 Å². The summed E-state index contributed by atoms with van der Waals surface area (Å²) in [5.74, 6) is -0.604. The first-order valence-corrected chi connectivity index (χ1v) is 7.88. The number of ether oxygens (including phenoxy) is 1. The average Bonchev–Trinajstić information content (AvgIpc) is 2.53. The number of hydrogen-bond acceptors (Lipinski definition) is 3. The fourth-order valence-electron chi connectivity index (χ4n) is 2.11. The van der Waals surface area contributed by atoms with Gasteiger partial charge < -0.3 is 15.2 Å². The maximum Gasteiger partial charge on any atom is 0.303 e. The number of carboxylic acids is 1. The van der Waals surface area contributed by atoms with Gasteiger partial charge in [-0.15, -0.1) is 0 Å². The molecule has 126 valence electrons. The summed E-state index contributed by atoms with van der Waals surface area (Å²) in [6.45, 7) is 1.80. The van der Waals surface area contributed by atoms with E-state index in [0.717, 1.165) is 0 Å². The lowest BCUT2D eigenvalue weighted by molar-refractivity contribution is -0.137. The number of aliphatic carboxylic acids is 1. The fraction of sp³-hybridized carbons (Fsp3) is 0.222. The minimum atomic E-state index is -0.855. The Morgan fingerprint density at radius 1 is 1.21 bits per heavy atom. The molecule has 0 aliphatic rings. The third kappa shape index (κ3) is 5.28. The van der Waals surface area contributed by atoms with Crippen LogP contribution in [0.5, 0.6) is 5.75 Å². The molecule has 0 heterocycles. The highest BCUT2D eigenvalue weighted by Crippen LogP contribution is 2.22. The Hall–Kier alpha value is -2.53. The minimum Gasteiger partial charge on any atom is -0.491 e. The van der Waals surface area contributed by atoms with E-state index in [4.69, 9.17) is 21.4 Å². The smallest absolute Gasteiger partial charge is 0.303 e. The molecule has 1 unspecified atom stereocenters. The molecule has 24 heavy (non-hydrogen) atoms. The number of halogens is 1. The second-order valence-electron chi connectivity index (χ2n) is 5.32. The zero-order valence-electron chi connectivity index (χ0n) is 13.2. The van der Waals surface area contributed by atoms with E-state index in [2.05, 4.69) is 5.32 Å². The van der Waals surface area contributed by atoms with Crippen LogP contribution in [0.3, 0.4) is 0 Å². The molecule has 1 amide bonds. The first-order valence-electron chi connectivity index (χ1n) is 7.50. The number of anilines is 1. The van der Waals surface area contributed by atoms with Crippen molar-refractivity contribution in [1.82, 2.24) is 0 Å². The van der Waals surface area contributed by atoms with Crippen LogP contribution in [0, 0.1) is 0 Å². The summed E-state index contributed by atoms with van der Waals surface area (Å²) >= 11 is 6.01. The first-order chi connectivity index (χ1) is 11.5. The molecule has 2 aromatic rings. The molecular weight excluding hydrogens is 330 g/mol. The topological polar surface area (TPSA) is 75.6 Å². The molecule has 0 aliphatic carbocycles. The van der Waals surface area contributed by atoms with Gasteiger partial charge in [-0.2, -0.15) is 0 Å². The Morgan fingerprint density at radius 2 is 1.96 bits per heavy atom. The molecule has 0 spiro atoms. The van der Waals surface area contributed by atoms with Gasteiger partial charge in [0.1, 0.15) is 5.75 Å². The Labute approximate surface area is 145 Å². The highest BCUT2D eigenvalue weighted by atomic mass is 35.5. The summed E-state index contributed by atoms with van der Waals surface area (Å²) in [6.07, 6.45) is 0.214. The van der Waals surface area contributed by atoms with Gasteiger partial charge in [0.15, 0.2) is 0 Å². The number of benzene rings is 2. The summed E-state index contributed by atoms with van der Waals surface area (Å²) in [6, 6.07) is 13.7. The predicted octanol–water partition coefficient (Wildman–Crippen LogP) is 4.22. The van der Waals surface area contributed by atoms with Crippen LogP contribution in [-0.4, -0.2) is 23.1 Å². The van der Waals surface area contributed by atoms with Crippen LogP contribution in [-0.2, 0) is 4.79 Å². The van der Waals surface area contributed by atoms with E-state index in [1.807, 2.05) is 0 Å². The normalized spacial score (nSPS) is 11.6. The maximum absolute atomic E-state index is 12.2. The monoisotopic (exact) mass is 347 g/mol. The van der Waals surface area contributed by atoms with Crippen molar-refractivity contribution < 1.29 is 19.4 Å². The molecule has 0 radical (unpaired) electrons. The van der Waals surface area contributed by atoms with Crippen molar-refractivity contribution in [2.45, 2.75) is 25.9 Å². The lowest BCUT2D eigenvalue weighted by Gasteiger charge is -2.15. The molecule has 0 bridgehead atoms. The molecular formula is C18H18ClNO4. The van der Waals surface area contributed by atoms with Crippen LogP contribution < -0.4 is 10.1 Å². The zero-order valence-corrected chi connectivity index (χ0v) is 13.9. The number of carbonyl (C=O) groups is 2. The lowest BCUT2D eigenvalue weighted by Crippen LogP contribution is -2.15. The molecule has 0 fully saturated rings. The van der Waals surface area contributed by atoms with Crippen molar-refractivity contribution in [3.63, 3.8) is 0 Å². The van der Waals surface area contributed by atoms with E-state index in [0.29, 0.717) is 28.4 Å². The highest BCUT2D eigenvalue weighted by molar-refractivity contribution is 6.34. The molecule has 0 aliphatic heterocycles. The number of carbonyl (C=O) groups excluding carboxylic acids is 1. The molecule has 2 aromatic carbocycles. The van der Waals surface area contributed by atoms with Crippen LogP contribution in [0.1, 0.15) is 30.1 Å². The molecule has 2 N–H and O–H groups in total. The lowest BCUT2D eigenvalue weighted by atomic mass is 10.2. The molecule has 0 saturated carbocycles. The third-order valence-electron chi connectivity index (χ3n) is 3.31. The van der Waals surface area contributed by atoms with Gasteiger partial charge in [0.05, 0.1) is 16.7 Å². The maximum atomic E-state index is 12.2. The summed E-state index contributed by atoms with van der Waals surface area (Å²) < 4.78 is 5.68. The summed E-state index contributed by atoms with van der Waals surface area (Å²) in [5.41, 5.74) is 0.961. The Morgan fingerprint density at radius 3 is 2.67 bits per heavy atom. The summed E-state index contributed by atoms with van der Waals surface area (Å²) in [7, 11) is 0. The second-order valence-corrected chi connectivity index (χ2v) is 5.73. The third-order valence-corrected chi connectivity index (χ3v) is 3.64. The second kappa shape index (κ2) is 8.36. The number of amides is 1. The van der Waals surface area contributed by atoms with Crippen molar-refractivity contribution >= 4 is 29.2 Å². The van der Waals surface area contributed by atoms with Crippen molar-refractivity contribution in [2.75, 3.05) is 5.32 Å². The van der Waals surface area contributed by atoms with E-state index in [9.17, 15) is 9.59 Å². The SMILES string of the molecule is CC(CCC(=O)O)Oc1cccc(NC(=O)c2ccccc2Cl)c1. The fourth-order valence-corrected chi connectivity index (χ4v) is 2.33. The van der Waals surface area contributed by atoms with Gasteiger partial charge in [0, 0.05) is 18.2 Å². The molecule has 0 aromatic heterocycles. The van der Waals surface area contributed by atoms with Gasteiger partial charge in [0.2, 0.25) is 0 Å². The standard InChI is InChI=1S/C18H18ClNO4/c1-12(9-10-17(21)22)24-14-6-4-5-13(11-14)20-18(23)15-7-2-3-8-16(15)19/h2-8,11-12H,9-10H2,1H3,(H,20,23)(H,21,22). The summed E-state index contributed by atoms with van der Waals surface area (Å²) in [4.78, 5) is 22.8. The van der Waals surface area contributed by atoms with Gasteiger partial charge in [-0.25, -0.2) is 0 Å². The molecule has 2 rings (SSSR count). The van der Waals surface area contributed by atoms with E-state index in [-0.39, 0.29) is 18.4 Å². The highest BCUT2D eigenvalue weighted by Gasteiger charge is 2.11. The quantitative estimate of drug-likeness (QED) is 0.786. The zero-order chi connectivity index (χ0) is 17.5. The van der Waals surface area contributed by atoms with Crippen molar-refractivity contribution in [2.24, 2.45) is 0 Å². The van der Waals surface area contributed by atoms with E-state index in [1.54, 1.807) is 55.5 Å². The number of hydrogen-bond donors (Lipinski definition) is 2. The van der Waals surface area contributed by atoms with Crippen molar-refractivity contribution in [3.8, 4) is 5.75 Å². The van der Waals surface area contributed by atoms with Crippen molar-refractivity contribution in [1.29, 1.82) is 0 Å². The first kappa shape index (κ1) is 17.8. The van der Waals surface area contributed by atoms with E-state index >= 15 is 0 Å². The largest absolute Gasteiger partial charge is 0.491 e. The predicted molar refractivity (Wildman–Crippen MR) is 92.8 cm³/mol. The van der Waals surface area contributed by atoms with Crippen LogP contribution in [0.4, 0.5) is 5.69 Å². The van der Waals surface area contributed by atoms with E-state index < -0.39 is 5.97 Å². The van der Waals surface area contributed by atoms with Crippen molar-refractivity contribution in [3.05, 3.63) is 59.1 Å². The Kier molecular flexibility index (Phi) is 6.21. The summed E-state index contributed by atoms with van der Waals surface area (Å²) in [5, 5.41) is 11.8. The van der Waals surface area contributed by atoms with Crippen LogP contribution in [0.15, 0.2) is 48.5 Å². The average molecular weight is 348 g/mol.